The Morgan fingerprint density at radius 2 is 1.83 bits per heavy atom. The Bertz CT molecular complexity index is 1290. The second-order valence-corrected chi connectivity index (χ2v) is 13.1. The molecule has 2 saturated heterocycles. The molecule has 1 aromatic carbocycles. The highest BCUT2D eigenvalue weighted by Crippen LogP contribution is 2.58. The summed E-state index contributed by atoms with van der Waals surface area (Å²) in [5.41, 5.74) is -1.22. The maximum absolute atomic E-state index is 14.5. The molecule has 2 fully saturated rings. The number of carbonyl (C=O) groups excluding carboxylic acids is 4. The van der Waals surface area contributed by atoms with Gasteiger partial charge in [0.05, 0.1) is 17.9 Å². The highest BCUT2D eigenvalue weighted by Gasteiger charge is 2.74. The summed E-state index contributed by atoms with van der Waals surface area (Å²) in [6.07, 6.45) is 5.57. The maximum atomic E-state index is 14.5. The van der Waals surface area contributed by atoms with Crippen molar-refractivity contribution in [2.75, 3.05) is 26.3 Å². The van der Waals surface area contributed by atoms with Crippen LogP contribution < -0.4 is 5.32 Å². The Morgan fingerprint density at radius 3 is 2.52 bits per heavy atom. The lowest BCUT2D eigenvalue weighted by Crippen LogP contribution is -2.59. The number of aliphatic hydroxyl groups is 1. The maximum Gasteiger partial charge on any atom is 0.306 e. The van der Waals surface area contributed by atoms with Crippen LogP contribution in [-0.2, 0) is 28.7 Å². The molecular weight excluding hydrogens is 606 g/mol. The first-order valence-corrected chi connectivity index (χ1v) is 15.2. The molecule has 0 aliphatic carbocycles. The monoisotopic (exact) mass is 643 g/mol. The van der Waals surface area contributed by atoms with Gasteiger partial charge in [-0.15, -0.1) is 0 Å². The molecule has 10 nitrogen and oxygen atoms in total. The van der Waals surface area contributed by atoms with Crippen molar-refractivity contribution >= 4 is 39.6 Å². The van der Waals surface area contributed by atoms with Crippen LogP contribution in [0.15, 0.2) is 53.0 Å². The standard InChI is InChI=1S/C31H38BrN3O7/c1-30(2,3)35-15-9-5-8-13-22(37)41-18-21(19-11-6-4-7-12-19)33-27(38)23-24-28(39)34(14-10-16-36)26(29(35)40)31(24)17-20(32)25(23)42-31/h4-7,9,11-12,17,21,23-26,36H,8,10,13-16,18H2,1-3H3,(H,33,38)/b9-5-/t21-,23-,24+,25-,26-,31+/m1/s1. The number of hydrogen-bond acceptors (Lipinski definition) is 7. The summed E-state index contributed by atoms with van der Waals surface area (Å²) in [5.74, 6) is -3.34. The van der Waals surface area contributed by atoms with Gasteiger partial charge in [0.1, 0.15) is 24.4 Å². The fourth-order valence-corrected chi connectivity index (χ4v) is 7.28. The average Bonchev–Trinajstić information content (AvgIpc) is 3.53. The van der Waals surface area contributed by atoms with Gasteiger partial charge in [-0.1, -0.05) is 58.4 Å². The molecule has 11 heteroatoms. The minimum absolute atomic E-state index is 0.0706. The zero-order chi connectivity index (χ0) is 30.2. The number of benzene rings is 1. The van der Waals surface area contributed by atoms with Crippen molar-refractivity contribution in [3.8, 4) is 0 Å². The van der Waals surface area contributed by atoms with E-state index < -0.39 is 53.0 Å². The number of carbonyl (C=O) groups is 4. The Kier molecular flexibility index (Phi) is 8.65. The number of nitrogens with one attached hydrogen (secondary N) is 1. The third kappa shape index (κ3) is 5.42. The van der Waals surface area contributed by atoms with Crippen molar-refractivity contribution in [3.05, 3.63) is 58.6 Å². The van der Waals surface area contributed by atoms with Crippen LogP contribution in [0.2, 0.25) is 0 Å². The van der Waals surface area contributed by atoms with Crippen LogP contribution >= 0.6 is 15.9 Å². The van der Waals surface area contributed by atoms with Crippen molar-refractivity contribution in [3.63, 3.8) is 0 Å². The van der Waals surface area contributed by atoms with Crippen molar-refractivity contribution in [1.82, 2.24) is 15.1 Å². The Labute approximate surface area is 254 Å². The second kappa shape index (κ2) is 11.9. The molecule has 4 heterocycles. The molecule has 226 valence electrons. The number of esters is 1. The smallest absolute Gasteiger partial charge is 0.306 e. The van der Waals surface area contributed by atoms with Crippen LogP contribution in [0.25, 0.3) is 0 Å². The summed E-state index contributed by atoms with van der Waals surface area (Å²) < 4.78 is 12.7. The SMILES string of the molecule is CC(C)(C)N1C/C=C\CCC(=O)OC[C@H](c2ccccc2)NC(=O)[C@H]2[C@@H]3O[C@@]4(C=C3Br)[C@@H]2C(=O)N(CCCO)[C@@H]4C1=O. The number of nitrogens with zero attached hydrogens (tertiary/aromatic N) is 2. The number of cyclic esters (lactones) is 1. The molecule has 4 aliphatic rings. The Hall–Kier alpha value is -3.02. The van der Waals surface area contributed by atoms with Crippen LogP contribution in [0.4, 0.5) is 0 Å². The number of halogens is 1. The van der Waals surface area contributed by atoms with Gasteiger partial charge in [0.2, 0.25) is 17.7 Å². The first kappa shape index (κ1) is 30.4. The van der Waals surface area contributed by atoms with E-state index in [1.165, 1.54) is 4.90 Å². The minimum atomic E-state index is -1.36. The normalized spacial score (nSPS) is 32.9. The molecule has 5 bridgehead atoms. The predicted molar refractivity (Wildman–Crippen MR) is 157 cm³/mol. The summed E-state index contributed by atoms with van der Waals surface area (Å²) >= 11 is 3.57. The van der Waals surface area contributed by atoms with Crippen molar-refractivity contribution < 1.29 is 33.8 Å². The summed E-state index contributed by atoms with van der Waals surface area (Å²) in [4.78, 5) is 58.5. The fraction of sp³-hybridized carbons (Fsp3) is 0.548. The third-order valence-corrected chi connectivity index (χ3v) is 9.17. The number of fused-ring (bicyclic) bond motifs is 2. The van der Waals surface area contributed by atoms with Gasteiger partial charge in [-0.2, -0.15) is 0 Å². The molecule has 3 amide bonds. The lowest BCUT2D eigenvalue weighted by atomic mass is 9.73. The summed E-state index contributed by atoms with van der Waals surface area (Å²) in [6, 6.07) is 7.54. The number of allylic oxidation sites excluding steroid dienone is 1. The van der Waals surface area contributed by atoms with Crippen molar-refractivity contribution in [1.29, 1.82) is 0 Å². The molecule has 2 N–H and O–H groups in total. The molecule has 1 aromatic rings. The van der Waals surface area contributed by atoms with E-state index in [0.717, 1.165) is 5.56 Å². The van der Waals surface area contributed by atoms with E-state index in [2.05, 4.69) is 21.2 Å². The molecule has 0 unspecified atom stereocenters. The molecule has 0 radical (unpaired) electrons. The molecule has 6 atom stereocenters. The van der Waals surface area contributed by atoms with Gasteiger partial charge in [-0.05, 0) is 45.3 Å². The molecule has 5 rings (SSSR count). The molecular formula is C31H38BrN3O7. The van der Waals surface area contributed by atoms with E-state index in [0.29, 0.717) is 10.9 Å². The van der Waals surface area contributed by atoms with Gasteiger partial charge in [0.25, 0.3) is 0 Å². The molecule has 42 heavy (non-hydrogen) atoms. The van der Waals surface area contributed by atoms with Crippen LogP contribution in [-0.4, -0.2) is 88.2 Å². The molecule has 0 aromatic heterocycles. The lowest BCUT2D eigenvalue weighted by Gasteiger charge is -2.41. The Balaban J connectivity index is 1.60. The zero-order valence-corrected chi connectivity index (χ0v) is 25.7. The first-order chi connectivity index (χ1) is 20.0. The van der Waals surface area contributed by atoms with Gasteiger partial charge in [-0.25, -0.2) is 0 Å². The predicted octanol–water partition coefficient (Wildman–Crippen LogP) is 2.62. The van der Waals surface area contributed by atoms with Gasteiger partial charge in [-0.3, -0.25) is 19.2 Å². The summed E-state index contributed by atoms with van der Waals surface area (Å²) in [5, 5.41) is 12.6. The van der Waals surface area contributed by atoms with Crippen LogP contribution in [0.5, 0.6) is 0 Å². The molecule has 4 aliphatic heterocycles. The van der Waals surface area contributed by atoms with Gasteiger partial charge in [0.15, 0.2) is 0 Å². The van der Waals surface area contributed by atoms with Crippen LogP contribution in [0, 0.1) is 11.8 Å². The van der Waals surface area contributed by atoms with E-state index in [-0.39, 0.29) is 51.0 Å². The molecule has 0 saturated carbocycles. The van der Waals surface area contributed by atoms with E-state index >= 15 is 0 Å². The van der Waals surface area contributed by atoms with E-state index in [9.17, 15) is 24.3 Å². The number of aliphatic hydroxyl groups excluding tert-OH is 1. The number of hydrogen-bond donors (Lipinski definition) is 2. The lowest BCUT2D eigenvalue weighted by molar-refractivity contribution is -0.151. The topological polar surface area (TPSA) is 125 Å². The highest BCUT2D eigenvalue weighted by atomic mass is 79.9. The first-order valence-electron chi connectivity index (χ1n) is 14.4. The number of likely N-dealkylation sites (tertiary alicyclic amines) is 1. The number of amides is 3. The quantitative estimate of drug-likeness (QED) is 0.382. The van der Waals surface area contributed by atoms with Crippen molar-refractivity contribution in [2.45, 2.75) is 69.4 Å². The summed E-state index contributed by atoms with van der Waals surface area (Å²) in [6.45, 7) is 5.93. The summed E-state index contributed by atoms with van der Waals surface area (Å²) in [7, 11) is 0. The van der Waals surface area contributed by atoms with Gasteiger partial charge < -0.3 is 29.7 Å². The Morgan fingerprint density at radius 1 is 1.10 bits per heavy atom. The van der Waals surface area contributed by atoms with E-state index in [1.807, 2.05) is 63.3 Å². The van der Waals surface area contributed by atoms with E-state index in [4.69, 9.17) is 9.47 Å². The third-order valence-electron chi connectivity index (χ3n) is 8.49. The van der Waals surface area contributed by atoms with E-state index in [1.54, 1.807) is 11.0 Å². The van der Waals surface area contributed by atoms with Crippen molar-refractivity contribution in [2.24, 2.45) is 11.8 Å². The second-order valence-electron chi connectivity index (χ2n) is 12.2. The number of rotatable bonds is 4. The largest absolute Gasteiger partial charge is 0.463 e. The average molecular weight is 645 g/mol. The van der Waals surface area contributed by atoms with Crippen LogP contribution in [0.1, 0.15) is 51.6 Å². The zero-order valence-electron chi connectivity index (χ0n) is 24.1. The highest BCUT2D eigenvalue weighted by molar-refractivity contribution is 9.11. The van der Waals surface area contributed by atoms with Gasteiger partial charge >= 0.3 is 5.97 Å². The van der Waals surface area contributed by atoms with Gasteiger partial charge in [0, 0.05) is 36.1 Å². The molecule has 1 spiro atoms. The fourth-order valence-electron chi connectivity index (χ4n) is 6.54. The minimum Gasteiger partial charge on any atom is -0.463 e. The van der Waals surface area contributed by atoms with Crippen LogP contribution in [0.3, 0.4) is 0 Å². The number of ether oxygens (including phenoxy) is 2.